The van der Waals surface area contributed by atoms with Gasteiger partial charge in [0.1, 0.15) is 5.75 Å². The molecule has 0 aromatic heterocycles. The predicted octanol–water partition coefficient (Wildman–Crippen LogP) is 1.19. The lowest BCUT2D eigenvalue weighted by molar-refractivity contribution is -0.132. The fraction of sp³-hybridized carbons (Fsp3) is 0.500. The van der Waals surface area contributed by atoms with E-state index in [1.807, 2.05) is 31.2 Å². The molecule has 2 N–H and O–H groups in total. The van der Waals surface area contributed by atoms with E-state index in [1.54, 1.807) is 11.9 Å². The van der Waals surface area contributed by atoms with Crippen LogP contribution in [0.1, 0.15) is 18.9 Å². The molecule has 4 heteroatoms. The summed E-state index contributed by atoms with van der Waals surface area (Å²) in [5.41, 5.74) is 6.92. The van der Waals surface area contributed by atoms with Gasteiger partial charge in [0.2, 0.25) is 0 Å². The van der Waals surface area contributed by atoms with Crippen LogP contribution in [0.15, 0.2) is 24.3 Å². The molecule has 0 bridgehead atoms. The van der Waals surface area contributed by atoms with Crippen molar-refractivity contribution >= 4 is 5.91 Å². The molecule has 0 saturated carbocycles. The van der Waals surface area contributed by atoms with Crippen molar-refractivity contribution in [2.45, 2.75) is 31.9 Å². The summed E-state index contributed by atoms with van der Waals surface area (Å²) in [4.78, 5) is 13.5. The van der Waals surface area contributed by atoms with Gasteiger partial charge in [-0.3, -0.25) is 4.79 Å². The first-order chi connectivity index (χ1) is 8.56. The summed E-state index contributed by atoms with van der Waals surface area (Å²) in [6, 6.07) is 7.94. The quantitative estimate of drug-likeness (QED) is 0.870. The van der Waals surface area contributed by atoms with Gasteiger partial charge in [-0.25, -0.2) is 0 Å². The highest BCUT2D eigenvalue weighted by Gasteiger charge is 2.30. The van der Waals surface area contributed by atoms with Crippen LogP contribution < -0.4 is 10.5 Å². The van der Waals surface area contributed by atoms with Crippen LogP contribution in [0.4, 0.5) is 0 Å². The number of carbonyl (C=O) groups excluding carboxylic acids is 1. The molecule has 0 aliphatic carbocycles. The summed E-state index contributed by atoms with van der Waals surface area (Å²) in [6.45, 7) is 2.74. The van der Waals surface area contributed by atoms with Crippen LogP contribution in [0.25, 0.3) is 0 Å². The van der Waals surface area contributed by atoms with Gasteiger partial charge in [0, 0.05) is 26.1 Å². The maximum Gasteiger partial charge on any atom is 0.263 e. The molecule has 2 rings (SSSR count). The SMILES string of the molecule is CC(N)Cc1cccc(OC2CCN(C)C2=O)c1. The predicted molar refractivity (Wildman–Crippen MR) is 70.5 cm³/mol. The van der Waals surface area contributed by atoms with Crippen molar-refractivity contribution in [1.82, 2.24) is 4.90 Å². The van der Waals surface area contributed by atoms with Crippen LogP contribution in [-0.4, -0.2) is 36.5 Å². The Morgan fingerprint density at radius 2 is 2.33 bits per heavy atom. The van der Waals surface area contributed by atoms with Gasteiger partial charge >= 0.3 is 0 Å². The molecule has 0 radical (unpaired) electrons. The Hall–Kier alpha value is -1.55. The van der Waals surface area contributed by atoms with Crippen molar-refractivity contribution in [3.8, 4) is 5.75 Å². The van der Waals surface area contributed by atoms with Crippen molar-refractivity contribution in [3.63, 3.8) is 0 Å². The molecular formula is C14H20N2O2. The lowest BCUT2D eigenvalue weighted by Crippen LogP contribution is -2.29. The van der Waals surface area contributed by atoms with Crippen LogP contribution in [0.2, 0.25) is 0 Å². The first kappa shape index (κ1) is 12.9. The number of nitrogens with two attached hydrogens (primary N) is 1. The topological polar surface area (TPSA) is 55.6 Å². The Kier molecular flexibility index (Phi) is 3.87. The fourth-order valence-electron chi connectivity index (χ4n) is 2.18. The van der Waals surface area contributed by atoms with E-state index in [2.05, 4.69) is 0 Å². The molecule has 1 aromatic rings. The number of likely N-dealkylation sites (N-methyl/N-ethyl adjacent to an activating group) is 1. The van der Waals surface area contributed by atoms with Crippen molar-refractivity contribution in [2.75, 3.05) is 13.6 Å². The molecule has 2 atom stereocenters. The van der Waals surface area contributed by atoms with Crippen molar-refractivity contribution in [2.24, 2.45) is 5.73 Å². The number of ether oxygens (including phenoxy) is 1. The lowest BCUT2D eigenvalue weighted by Gasteiger charge is -2.14. The summed E-state index contributed by atoms with van der Waals surface area (Å²) in [5.74, 6) is 0.814. The molecule has 1 fully saturated rings. The molecule has 0 spiro atoms. The van der Waals surface area contributed by atoms with Gasteiger partial charge in [-0.2, -0.15) is 0 Å². The smallest absolute Gasteiger partial charge is 0.263 e. The highest BCUT2D eigenvalue weighted by atomic mass is 16.5. The van der Waals surface area contributed by atoms with Gasteiger partial charge < -0.3 is 15.4 Å². The number of nitrogens with zero attached hydrogens (tertiary/aromatic N) is 1. The molecule has 98 valence electrons. The number of amides is 1. The van der Waals surface area contributed by atoms with E-state index in [0.29, 0.717) is 0 Å². The third kappa shape index (κ3) is 3.01. The molecule has 1 aliphatic rings. The van der Waals surface area contributed by atoms with E-state index in [4.69, 9.17) is 10.5 Å². The molecular weight excluding hydrogens is 228 g/mol. The largest absolute Gasteiger partial charge is 0.481 e. The number of carbonyl (C=O) groups is 1. The van der Waals surface area contributed by atoms with Gasteiger partial charge in [-0.1, -0.05) is 12.1 Å². The molecule has 1 amide bonds. The summed E-state index contributed by atoms with van der Waals surface area (Å²) >= 11 is 0. The van der Waals surface area contributed by atoms with Crippen LogP contribution in [0.5, 0.6) is 5.75 Å². The normalized spacial score (nSPS) is 21.2. The van der Waals surface area contributed by atoms with E-state index >= 15 is 0 Å². The van der Waals surface area contributed by atoms with Crippen LogP contribution in [-0.2, 0) is 11.2 Å². The zero-order valence-corrected chi connectivity index (χ0v) is 10.9. The van der Waals surface area contributed by atoms with E-state index in [9.17, 15) is 4.79 Å². The monoisotopic (exact) mass is 248 g/mol. The summed E-state index contributed by atoms with van der Waals surface area (Å²) < 4.78 is 5.75. The summed E-state index contributed by atoms with van der Waals surface area (Å²) in [5, 5.41) is 0. The van der Waals surface area contributed by atoms with Gasteiger partial charge in [-0.05, 0) is 31.0 Å². The van der Waals surface area contributed by atoms with Gasteiger partial charge in [0.15, 0.2) is 6.10 Å². The summed E-state index contributed by atoms with van der Waals surface area (Å²) in [6.07, 6.45) is 1.24. The Labute approximate surface area is 108 Å². The standard InChI is InChI=1S/C14H20N2O2/c1-10(15)8-11-4-3-5-12(9-11)18-13-6-7-16(2)14(13)17/h3-5,9-10,13H,6-8,15H2,1-2H3. The van der Waals surface area contributed by atoms with Crippen molar-refractivity contribution in [1.29, 1.82) is 0 Å². The summed E-state index contributed by atoms with van der Waals surface area (Å²) in [7, 11) is 1.80. The second-order valence-corrected chi connectivity index (χ2v) is 4.98. The minimum absolute atomic E-state index is 0.0626. The molecule has 1 aliphatic heterocycles. The highest BCUT2D eigenvalue weighted by molar-refractivity contribution is 5.83. The molecule has 1 heterocycles. The maximum absolute atomic E-state index is 11.8. The zero-order valence-electron chi connectivity index (χ0n) is 10.9. The molecule has 1 saturated heterocycles. The molecule has 18 heavy (non-hydrogen) atoms. The Balaban J connectivity index is 2.03. The second-order valence-electron chi connectivity index (χ2n) is 4.98. The maximum atomic E-state index is 11.8. The number of likely N-dealkylation sites (tertiary alicyclic amines) is 1. The van der Waals surface area contributed by atoms with Gasteiger partial charge in [-0.15, -0.1) is 0 Å². The van der Waals surface area contributed by atoms with E-state index in [1.165, 1.54) is 0 Å². The Morgan fingerprint density at radius 3 is 2.94 bits per heavy atom. The zero-order chi connectivity index (χ0) is 13.1. The number of hydrogen-bond acceptors (Lipinski definition) is 3. The highest BCUT2D eigenvalue weighted by Crippen LogP contribution is 2.20. The molecule has 4 nitrogen and oxygen atoms in total. The number of benzene rings is 1. The van der Waals surface area contributed by atoms with Crippen LogP contribution in [0, 0.1) is 0 Å². The van der Waals surface area contributed by atoms with Crippen molar-refractivity contribution < 1.29 is 9.53 Å². The minimum Gasteiger partial charge on any atom is -0.481 e. The van der Waals surface area contributed by atoms with Crippen LogP contribution >= 0.6 is 0 Å². The third-order valence-electron chi connectivity index (χ3n) is 3.11. The minimum atomic E-state index is -0.333. The fourth-order valence-corrected chi connectivity index (χ4v) is 2.18. The van der Waals surface area contributed by atoms with E-state index in [-0.39, 0.29) is 18.1 Å². The average Bonchev–Trinajstić information content (AvgIpc) is 2.61. The van der Waals surface area contributed by atoms with E-state index in [0.717, 1.165) is 30.7 Å². The Bertz CT molecular complexity index is 432. The first-order valence-corrected chi connectivity index (χ1v) is 6.32. The molecule has 1 aromatic carbocycles. The number of hydrogen-bond donors (Lipinski definition) is 1. The van der Waals surface area contributed by atoms with Gasteiger partial charge in [0.05, 0.1) is 0 Å². The molecule has 2 unspecified atom stereocenters. The average molecular weight is 248 g/mol. The van der Waals surface area contributed by atoms with Gasteiger partial charge in [0.25, 0.3) is 5.91 Å². The second kappa shape index (κ2) is 5.40. The van der Waals surface area contributed by atoms with E-state index < -0.39 is 0 Å². The van der Waals surface area contributed by atoms with Crippen LogP contribution in [0.3, 0.4) is 0 Å². The van der Waals surface area contributed by atoms with Crippen molar-refractivity contribution in [3.05, 3.63) is 29.8 Å². The Morgan fingerprint density at radius 1 is 1.56 bits per heavy atom. The number of rotatable bonds is 4. The lowest BCUT2D eigenvalue weighted by atomic mass is 10.1. The third-order valence-corrected chi connectivity index (χ3v) is 3.11. The first-order valence-electron chi connectivity index (χ1n) is 6.32.